The van der Waals surface area contributed by atoms with E-state index in [1.165, 1.54) is 12.1 Å². The van der Waals surface area contributed by atoms with E-state index in [1.807, 2.05) is 0 Å². The van der Waals surface area contributed by atoms with Crippen LogP contribution in [0.2, 0.25) is 15.1 Å². The van der Waals surface area contributed by atoms with Crippen molar-refractivity contribution >= 4 is 52.1 Å². The van der Waals surface area contributed by atoms with Crippen LogP contribution < -0.4 is 11.1 Å². The SMILES string of the molecule is Nc1c(Cl)cc(NC(=O)c2ccc(Cl)cc2)cc1Cl. The molecule has 98 valence electrons. The van der Waals surface area contributed by atoms with E-state index >= 15 is 0 Å². The van der Waals surface area contributed by atoms with Crippen LogP contribution in [-0.2, 0) is 0 Å². The highest BCUT2D eigenvalue weighted by Gasteiger charge is 2.09. The summed E-state index contributed by atoms with van der Waals surface area (Å²) < 4.78 is 0. The molecule has 0 atom stereocenters. The number of nitrogen functional groups attached to an aromatic ring is 1. The third-order valence-corrected chi connectivity index (χ3v) is 3.32. The summed E-state index contributed by atoms with van der Waals surface area (Å²) in [5.74, 6) is -0.284. The zero-order valence-corrected chi connectivity index (χ0v) is 11.9. The zero-order chi connectivity index (χ0) is 14.0. The summed E-state index contributed by atoms with van der Waals surface area (Å²) in [6, 6.07) is 9.60. The molecular weight excluding hydrogens is 307 g/mol. The smallest absolute Gasteiger partial charge is 0.255 e. The molecule has 0 aliphatic heterocycles. The molecule has 0 bridgehead atoms. The highest BCUT2D eigenvalue weighted by atomic mass is 35.5. The summed E-state index contributed by atoms with van der Waals surface area (Å²) in [5.41, 5.74) is 6.86. The van der Waals surface area contributed by atoms with Crippen LogP contribution in [0.25, 0.3) is 0 Å². The van der Waals surface area contributed by atoms with Crippen LogP contribution in [0.1, 0.15) is 10.4 Å². The number of anilines is 2. The molecule has 0 spiro atoms. The Labute approximate surface area is 125 Å². The minimum Gasteiger partial charge on any atom is -0.396 e. The van der Waals surface area contributed by atoms with Crippen molar-refractivity contribution in [3.05, 3.63) is 57.0 Å². The van der Waals surface area contributed by atoms with Gasteiger partial charge in [0.2, 0.25) is 0 Å². The fraction of sp³-hybridized carbons (Fsp3) is 0. The maximum Gasteiger partial charge on any atom is 0.255 e. The van der Waals surface area contributed by atoms with Gasteiger partial charge in [-0.15, -0.1) is 0 Å². The van der Waals surface area contributed by atoms with Gasteiger partial charge in [-0.05, 0) is 36.4 Å². The molecule has 3 nitrogen and oxygen atoms in total. The Balaban J connectivity index is 2.22. The van der Waals surface area contributed by atoms with Gasteiger partial charge >= 0.3 is 0 Å². The molecular formula is C13H9Cl3N2O. The Hall–Kier alpha value is -1.42. The molecule has 0 radical (unpaired) electrons. The molecule has 0 unspecified atom stereocenters. The van der Waals surface area contributed by atoms with Gasteiger partial charge < -0.3 is 11.1 Å². The van der Waals surface area contributed by atoms with E-state index < -0.39 is 0 Å². The summed E-state index contributed by atoms with van der Waals surface area (Å²) in [5, 5.41) is 3.83. The van der Waals surface area contributed by atoms with Crippen molar-refractivity contribution in [2.75, 3.05) is 11.1 Å². The van der Waals surface area contributed by atoms with E-state index in [4.69, 9.17) is 40.5 Å². The Bertz CT molecular complexity index is 603. The normalized spacial score (nSPS) is 10.3. The minimum absolute atomic E-state index is 0.284. The number of benzene rings is 2. The summed E-state index contributed by atoms with van der Waals surface area (Å²) in [6.07, 6.45) is 0. The van der Waals surface area contributed by atoms with Crippen LogP contribution in [0.3, 0.4) is 0 Å². The van der Waals surface area contributed by atoms with Crippen LogP contribution in [0.4, 0.5) is 11.4 Å². The van der Waals surface area contributed by atoms with Gasteiger partial charge in [-0.1, -0.05) is 34.8 Å². The van der Waals surface area contributed by atoms with Crippen molar-refractivity contribution < 1.29 is 4.79 Å². The third kappa shape index (κ3) is 3.32. The first-order valence-electron chi connectivity index (χ1n) is 5.29. The van der Waals surface area contributed by atoms with Crippen LogP contribution >= 0.6 is 34.8 Å². The van der Waals surface area contributed by atoms with E-state index in [0.717, 1.165) is 0 Å². The van der Waals surface area contributed by atoms with E-state index in [1.54, 1.807) is 24.3 Å². The Kier molecular flexibility index (Phi) is 4.20. The largest absolute Gasteiger partial charge is 0.396 e. The monoisotopic (exact) mass is 314 g/mol. The van der Waals surface area contributed by atoms with Gasteiger partial charge in [0.1, 0.15) is 0 Å². The maximum atomic E-state index is 12.0. The van der Waals surface area contributed by atoms with Gasteiger partial charge in [0.25, 0.3) is 5.91 Å². The second kappa shape index (κ2) is 5.70. The van der Waals surface area contributed by atoms with E-state index in [9.17, 15) is 4.79 Å². The predicted molar refractivity (Wildman–Crippen MR) is 80.3 cm³/mol. The fourth-order valence-electron chi connectivity index (χ4n) is 1.46. The van der Waals surface area contributed by atoms with Crippen LogP contribution in [-0.4, -0.2) is 5.91 Å². The first-order valence-corrected chi connectivity index (χ1v) is 6.42. The molecule has 0 saturated carbocycles. The number of halogens is 3. The predicted octanol–water partition coefficient (Wildman–Crippen LogP) is 4.48. The Morgan fingerprint density at radius 2 is 1.53 bits per heavy atom. The number of rotatable bonds is 2. The number of nitrogens with two attached hydrogens (primary N) is 1. The summed E-state index contributed by atoms with van der Waals surface area (Å²) in [7, 11) is 0. The highest BCUT2D eigenvalue weighted by Crippen LogP contribution is 2.31. The van der Waals surface area contributed by atoms with Gasteiger partial charge in [-0.25, -0.2) is 0 Å². The summed E-state index contributed by atoms with van der Waals surface area (Å²) in [4.78, 5) is 12.0. The number of amides is 1. The molecule has 19 heavy (non-hydrogen) atoms. The van der Waals surface area contributed by atoms with Gasteiger partial charge in [0, 0.05) is 16.3 Å². The Morgan fingerprint density at radius 1 is 1.00 bits per heavy atom. The van der Waals surface area contributed by atoms with Crippen molar-refractivity contribution in [2.24, 2.45) is 0 Å². The van der Waals surface area contributed by atoms with Crippen LogP contribution in [0.5, 0.6) is 0 Å². The highest BCUT2D eigenvalue weighted by molar-refractivity contribution is 6.39. The third-order valence-electron chi connectivity index (χ3n) is 2.44. The number of carbonyl (C=O) groups excluding carboxylic acids is 1. The lowest BCUT2D eigenvalue weighted by atomic mass is 10.2. The second-order valence-electron chi connectivity index (χ2n) is 3.81. The summed E-state index contributed by atoms with van der Waals surface area (Å²) >= 11 is 17.5. The lowest BCUT2D eigenvalue weighted by Gasteiger charge is -2.08. The molecule has 2 aromatic carbocycles. The average molecular weight is 316 g/mol. The topological polar surface area (TPSA) is 55.1 Å². The lowest BCUT2D eigenvalue weighted by Crippen LogP contribution is -2.11. The van der Waals surface area contributed by atoms with Crippen molar-refractivity contribution in [3.8, 4) is 0 Å². The number of hydrogen-bond donors (Lipinski definition) is 2. The first-order chi connectivity index (χ1) is 8.97. The van der Waals surface area contributed by atoms with Crippen molar-refractivity contribution in [2.45, 2.75) is 0 Å². The molecule has 0 aliphatic carbocycles. The van der Waals surface area contributed by atoms with Gasteiger partial charge in [0.05, 0.1) is 15.7 Å². The van der Waals surface area contributed by atoms with Crippen LogP contribution in [0.15, 0.2) is 36.4 Å². The molecule has 3 N–H and O–H groups in total. The molecule has 0 fully saturated rings. The molecule has 0 aliphatic rings. The number of carbonyl (C=O) groups is 1. The molecule has 0 heterocycles. The molecule has 2 rings (SSSR count). The van der Waals surface area contributed by atoms with Crippen molar-refractivity contribution in [1.82, 2.24) is 0 Å². The lowest BCUT2D eigenvalue weighted by molar-refractivity contribution is 0.102. The molecule has 0 saturated heterocycles. The first kappa shape index (κ1) is 14.0. The molecule has 2 aromatic rings. The standard InChI is InChI=1S/C13H9Cl3N2O/c14-8-3-1-7(2-4-8)13(19)18-9-5-10(15)12(17)11(16)6-9/h1-6H,17H2,(H,18,19). The minimum atomic E-state index is -0.284. The molecule has 1 amide bonds. The molecule has 0 aromatic heterocycles. The van der Waals surface area contributed by atoms with E-state index in [0.29, 0.717) is 26.3 Å². The van der Waals surface area contributed by atoms with Gasteiger partial charge in [-0.3, -0.25) is 4.79 Å². The van der Waals surface area contributed by atoms with Gasteiger partial charge in [-0.2, -0.15) is 0 Å². The number of hydrogen-bond acceptors (Lipinski definition) is 2. The van der Waals surface area contributed by atoms with E-state index in [2.05, 4.69) is 5.32 Å². The Morgan fingerprint density at radius 3 is 2.05 bits per heavy atom. The quantitative estimate of drug-likeness (QED) is 0.803. The van der Waals surface area contributed by atoms with Crippen LogP contribution in [0, 0.1) is 0 Å². The van der Waals surface area contributed by atoms with Gasteiger partial charge in [0.15, 0.2) is 0 Å². The van der Waals surface area contributed by atoms with Crippen molar-refractivity contribution in [1.29, 1.82) is 0 Å². The maximum absolute atomic E-state index is 12.0. The van der Waals surface area contributed by atoms with Crippen molar-refractivity contribution in [3.63, 3.8) is 0 Å². The average Bonchev–Trinajstić information content (AvgIpc) is 2.36. The second-order valence-corrected chi connectivity index (χ2v) is 5.07. The summed E-state index contributed by atoms with van der Waals surface area (Å²) in [6.45, 7) is 0. The molecule has 6 heteroatoms. The fourth-order valence-corrected chi connectivity index (χ4v) is 2.07. The zero-order valence-electron chi connectivity index (χ0n) is 9.58. The van der Waals surface area contributed by atoms with E-state index in [-0.39, 0.29) is 11.6 Å². The number of nitrogens with one attached hydrogen (secondary N) is 1.